The number of hydrogen-bond donors (Lipinski definition) is 2. The highest BCUT2D eigenvalue weighted by atomic mass is 32.2. The normalized spacial score (nSPS) is 11.8. The summed E-state index contributed by atoms with van der Waals surface area (Å²) in [6, 6.07) is -0.601. The molecule has 0 amide bonds. The molecule has 0 radical (unpaired) electrons. The first-order valence-corrected chi connectivity index (χ1v) is 5.05. The van der Waals surface area contributed by atoms with Crippen molar-refractivity contribution in [2.75, 3.05) is 17.4 Å². The topological polar surface area (TPSA) is 52.3 Å². The molecule has 0 aromatic heterocycles. The summed E-state index contributed by atoms with van der Waals surface area (Å²) in [5.74, 6) is 3.10. The molecule has 0 rings (SSSR count). The van der Waals surface area contributed by atoms with Crippen LogP contribution in [-0.4, -0.2) is 29.5 Å². The standard InChI is InChI=1S/C7H11NO2S2/c1-2-3-12-4-6(8)7(9)10-5-11/h1,6,11H,3-5,8H2. The van der Waals surface area contributed by atoms with Gasteiger partial charge in [-0.1, -0.05) is 5.92 Å². The van der Waals surface area contributed by atoms with Gasteiger partial charge in [0.25, 0.3) is 0 Å². The van der Waals surface area contributed by atoms with Gasteiger partial charge in [0.05, 0.1) is 5.75 Å². The van der Waals surface area contributed by atoms with Crippen LogP contribution in [0.5, 0.6) is 0 Å². The van der Waals surface area contributed by atoms with Crippen LogP contribution < -0.4 is 5.73 Å². The van der Waals surface area contributed by atoms with E-state index in [0.29, 0.717) is 11.5 Å². The second-order valence-corrected chi connectivity index (χ2v) is 3.21. The molecule has 0 bridgehead atoms. The molecule has 12 heavy (non-hydrogen) atoms. The van der Waals surface area contributed by atoms with Crippen LogP contribution in [0.2, 0.25) is 0 Å². The predicted molar refractivity (Wildman–Crippen MR) is 54.1 cm³/mol. The van der Waals surface area contributed by atoms with E-state index in [0.717, 1.165) is 0 Å². The van der Waals surface area contributed by atoms with Gasteiger partial charge in [-0.3, -0.25) is 4.79 Å². The van der Waals surface area contributed by atoms with Crippen molar-refractivity contribution in [3.63, 3.8) is 0 Å². The van der Waals surface area contributed by atoms with E-state index in [1.165, 1.54) is 11.8 Å². The lowest BCUT2D eigenvalue weighted by molar-refractivity contribution is -0.142. The van der Waals surface area contributed by atoms with E-state index in [-0.39, 0.29) is 5.94 Å². The molecule has 5 heteroatoms. The molecule has 0 aliphatic rings. The van der Waals surface area contributed by atoms with Gasteiger partial charge >= 0.3 is 5.97 Å². The lowest BCUT2D eigenvalue weighted by atomic mass is 10.4. The van der Waals surface area contributed by atoms with E-state index in [2.05, 4.69) is 23.3 Å². The maximum absolute atomic E-state index is 10.9. The Bertz CT molecular complexity index is 179. The molecule has 0 saturated carbocycles. The van der Waals surface area contributed by atoms with Crippen molar-refractivity contribution >= 4 is 30.4 Å². The second kappa shape index (κ2) is 7.35. The second-order valence-electron chi connectivity index (χ2n) is 1.92. The minimum atomic E-state index is -0.601. The number of carbonyl (C=O) groups excluding carboxylic acids is 1. The van der Waals surface area contributed by atoms with Crippen LogP contribution in [0.1, 0.15) is 0 Å². The molecular weight excluding hydrogens is 194 g/mol. The minimum absolute atomic E-state index is 0.0618. The fourth-order valence-corrected chi connectivity index (χ4v) is 1.24. The first-order valence-electron chi connectivity index (χ1n) is 3.26. The lowest BCUT2D eigenvalue weighted by Gasteiger charge is -2.07. The summed E-state index contributed by atoms with van der Waals surface area (Å²) < 4.78 is 4.57. The van der Waals surface area contributed by atoms with Crippen LogP contribution in [0.4, 0.5) is 0 Å². The summed E-state index contributed by atoms with van der Waals surface area (Å²) in [6.45, 7) is 0. The zero-order chi connectivity index (χ0) is 9.40. The Labute approximate surface area is 81.8 Å². The monoisotopic (exact) mass is 205 g/mol. The summed E-state index contributed by atoms with van der Waals surface area (Å²) in [6.07, 6.45) is 5.01. The Morgan fingerprint density at radius 1 is 1.83 bits per heavy atom. The van der Waals surface area contributed by atoms with E-state index in [1.807, 2.05) is 0 Å². The number of nitrogens with two attached hydrogens (primary N) is 1. The highest BCUT2D eigenvalue weighted by molar-refractivity contribution is 7.99. The number of ether oxygens (including phenoxy) is 1. The van der Waals surface area contributed by atoms with Gasteiger partial charge in [-0.05, 0) is 0 Å². The smallest absolute Gasteiger partial charge is 0.324 e. The first-order chi connectivity index (χ1) is 5.72. The number of thioether (sulfide) groups is 1. The van der Waals surface area contributed by atoms with Crippen LogP contribution in [0, 0.1) is 12.3 Å². The van der Waals surface area contributed by atoms with Crippen molar-refractivity contribution in [1.29, 1.82) is 0 Å². The van der Waals surface area contributed by atoms with E-state index in [9.17, 15) is 4.79 Å². The number of carbonyl (C=O) groups is 1. The van der Waals surface area contributed by atoms with Gasteiger partial charge in [0.15, 0.2) is 0 Å². The third-order valence-electron chi connectivity index (χ3n) is 0.992. The van der Waals surface area contributed by atoms with Crippen molar-refractivity contribution in [3.05, 3.63) is 0 Å². The van der Waals surface area contributed by atoms with E-state index >= 15 is 0 Å². The zero-order valence-corrected chi connectivity index (χ0v) is 8.24. The van der Waals surface area contributed by atoms with Gasteiger partial charge in [0.2, 0.25) is 0 Å². The number of hydrogen-bond acceptors (Lipinski definition) is 5. The molecule has 1 atom stereocenters. The molecule has 0 aliphatic heterocycles. The summed E-state index contributed by atoms with van der Waals surface area (Å²) in [7, 11) is 0. The molecule has 0 aromatic rings. The molecular formula is C7H11NO2S2. The average molecular weight is 205 g/mol. The van der Waals surface area contributed by atoms with Crippen molar-refractivity contribution in [2.45, 2.75) is 6.04 Å². The maximum atomic E-state index is 10.9. The SMILES string of the molecule is C#CCSCC(N)C(=O)OCS. The molecule has 0 spiro atoms. The van der Waals surface area contributed by atoms with Gasteiger partial charge in [0, 0.05) is 5.75 Å². The number of thiol groups is 1. The Morgan fingerprint density at radius 3 is 3.00 bits per heavy atom. The summed E-state index contributed by atoms with van der Waals surface area (Å²) >= 11 is 5.15. The molecule has 1 unspecified atom stereocenters. The van der Waals surface area contributed by atoms with Gasteiger partial charge in [-0.25, -0.2) is 0 Å². The molecule has 0 saturated heterocycles. The zero-order valence-electron chi connectivity index (χ0n) is 6.53. The Kier molecular flexibility index (Phi) is 7.16. The van der Waals surface area contributed by atoms with Gasteiger partial charge in [0.1, 0.15) is 12.0 Å². The quantitative estimate of drug-likeness (QED) is 0.220. The molecule has 0 aliphatic carbocycles. The fourth-order valence-electron chi connectivity index (χ4n) is 0.484. The minimum Gasteiger partial charge on any atom is -0.454 e. The van der Waals surface area contributed by atoms with E-state index in [1.54, 1.807) is 0 Å². The molecule has 3 nitrogen and oxygen atoms in total. The Balaban J connectivity index is 3.51. The molecule has 68 valence electrons. The average Bonchev–Trinajstić information content (AvgIpc) is 2.05. The van der Waals surface area contributed by atoms with Crippen molar-refractivity contribution < 1.29 is 9.53 Å². The molecule has 0 aromatic carbocycles. The molecule has 0 fully saturated rings. The molecule has 2 N–H and O–H groups in total. The first kappa shape index (κ1) is 11.7. The van der Waals surface area contributed by atoms with E-state index in [4.69, 9.17) is 12.2 Å². The lowest BCUT2D eigenvalue weighted by Crippen LogP contribution is -2.34. The molecule has 0 heterocycles. The highest BCUT2D eigenvalue weighted by Gasteiger charge is 2.13. The predicted octanol–water partition coefficient (Wildman–Crippen LogP) is 0.111. The largest absolute Gasteiger partial charge is 0.454 e. The summed E-state index contributed by atoms with van der Waals surface area (Å²) in [5.41, 5.74) is 5.45. The Hall–Kier alpha value is -0.310. The van der Waals surface area contributed by atoms with Crippen molar-refractivity contribution in [2.24, 2.45) is 5.73 Å². The van der Waals surface area contributed by atoms with Crippen molar-refractivity contribution in [3.8, 4) is 12.3 Å². The third-order valence-corrected chi connectivity index (χ3v) is 2.09. The van der Waals surface area contributed by atoms with Crippen LogP contribution in [0.15, 0.2) is 0 Å². The maximum Gasteiger partial charge on any atom is 0.324 e. The fraction of sp³-hybridized carbons (Fsp3) is 0.571. The van der Waals surface area contributed by atoms with Gasteiger partial charge in [-0.2, -0.15) is 0 Å². The summed E-state index contributed by atoms with van der Waals surface area (Å²) in [4.78, 5) is 10.9. The highest BCUT2D eigenvalue weighted by Crippen LogP contribution is 2.01. The van der Waals surface area contributed by atoms with Crippen LogP contribution in [0.3, 0.4) is 0 Å². The van der Waals surface area contributed by atoms with Gasteiger partial charge in [-0.15, -0.1) is 30.8 Å². The van der Waals surface area contributed by atoms with Crippen LogP contribution in [-0.2, 0) is 9.53 Å². The van der Waals surface area contributed by atoms with Crippen molar-refractivity contribution in [1.82, 2.24) is 0 Å². The number of terminal acetylenes is 1. The Morgan fingerprint density at radius 2 is 2.50 bits per heavy atom. The van der Waals surface area contributed by atoms with E-state index < -0.39 is 12.0 Å². The summed E-state index contributed by atoms with van der Waals surface area (Å²) in [5, 5.41) is 0. The number of rotatable bonds is 5. The number of esters is 1. The van der Waals surface area contributed by atoms with Crippen LogP contribution in [0.25, 0.3) is 0 Å². The third kappa shape index (κ3) is 5.35. The van der Waals surface area contributed by atoms with Gasteiger partial charge < -0.3 is 10.5 Å². The van der Waals surface area contributed by atoms with Crippen LogP contribution >= 0.6 is 24.4 Å².